The minimum atomic E-state index is -1.01. The number of aliphatic hydroxyl groups is 1. The molecule has 3 aromatic rings. The lowest BCUT2D eigenvalue weighted by Crippen LogP contribution is -2.54. The van der Waals surface area contributed by atoms with E-state index in [-0.39, 0.29) is 18.1 Å². The molecular formula is C25H32N6O3. The number of carbonyl (C=O) groups excluding carboxylic acids is 1. The van der Waals surface area contributed by atoms with Gasteiger partial charge in [0.2, 0.25) is 5.91 Å². The summed E-state index contributed by atoms with van der Waals surface area (Å²) in [6, 6.07) is 5.69. The molecule has 0 aromatic carbocycles. The maximum absolute atomic E-state index is 12.8. The quantitative estimate of drug-likeness (QED) is 0.571. The number of hydrogen-bond acceptors (Lipinski definition) is 7. The number of piperidine rings is 1. The number of aryl methyl sites for hydroxylation is 2. The first-order valence-corrected chi connectivity index (χ1v) is 11.7. The summed E-state index contributed by atoms with van der Waals surface area (Å²) in [6.07, 6.45) is 7.59. The van der Waals surface area contributed by atoms with E-state index in [1.807, 2.05) is 25.1 Å². The van der Waals surface area contributed by atoms with Crippen LogP contribution in [0.3, 0.4) is 0 Å². The maximum atomic E-state index is 12.8. The molecule has 0 bridgehead atoms. The van der Waals surface area contributed by atoms with Crippen molar-refractivity contribution in [2.45, 2.75) is 51.7 Å². The van der Waals surface area contributed by atoms with Crippen molar-refractivity contribution in [3.63, 3.8) is 0 Å². The maximum Gasteiger partial charge on any atom is 0.347 e. The Morgan fingerprint density at radius 1 is 1.26 bits per heavy atom. The van der Waals surface area contributed by atoms with Gasteiger partial charge in [-0.3, -0.25) is 19.3 Å². The van der Waals surface area contributed by atoms with Crippen molar-refractivity contribution in [1.29, 1.82) is 0 Å². The summed E-state index contributed by atoms with van der Waals surface area (Å²) < 4.78 is 1.60. The van der Waals surface area contributed by atoms with Crippen molar-refractivity contribution < 1.29 is 9.90 Å². The Morgan fingerprint density at radius 3 is 2.88 bits per heavy atom. The van der Waals surface area contributed by atoms with Gasteiger partial charge in [-0.25, -0.2) is 4.79 Å². The minimum absolute atomic E-state index is 0.0464. The Morgan fingerprint density at radius 2 is 2.09 bits per heavy atom. The fourth-order valence-electron chi connectivity index (χ4n) is 4.85. The summed E-state index contributed by atoms with van der Waals surface area (Å²) in [7, 11) is 1.73. The fraction of sp³-hybridized carbons (Fsp3) is 0.480. The van der Waals surface area contributed by atoms with Crippen LogP contribution < -0.4 is 10.6 Å². The number of hydrogen-bond donors (Lipinski definition) is 1. The van der Waals surface area contributed by atoms with E-state index in [0.29, 0.717) is 38.0 Å². The molecule has 4 heterocycles. The van der Waals surface area contributed by atoms with E-state index >= 15 is 0 Å². The standard InChI is InChI=1S/C25H32N6O3/c1-18-14-19(2)31(24(33)28-18)13-4-6-23(32)29(3)16-25(34)9-5-12-30(17-25)22-8-11-27-21-7-10-26-15-20(21)22/h7-8,10-11,14-15,34H,4-6,9,12-13,16-17H2,1-3H3/t25-/m0/s1. The molecule has 1 aliphatic rings. The highest BCUT2D eigenvalue weighted by molar-refractivity contribution is 5.90. The van der Waals surface area contributed by atoms with E-state index in [1.165, 1.54) is 0 Å². The SMILES string of the molecule is Cc1cc(C)n(CCCC(=O)N(C)C[C@@]2(O)CCCN(c3ccnc4ccncc34)C2)c(=O)n1. The van der Waals surface area contributed by atoms with Gasteiger partial charge in [0.15, 0.2) is 0 Å². The average Bonchev–Trinajstić information content (AvgIpc) is 2.80. The number of nitrogens with zero attached hydrogens (tertiary/aromatic N) is 6. The molecule has 0 spiro atoms. The van der Waals surface area contributed by atoms with Gasteiger partial charge in [0.1, 0.15) is 0 Å². The second kappa shape index (κ2) is 9.89. The monoisotopic (exact) mass is 464 g/mol. The summed E-state index contributed by atoms with van der Waals surface area (Å²) in [4.78, 5) is 41.3. The summed E-state index contributed by atoms with van der Waals surface area (Å²) in [6.45, 7) is 5.63. The molecule has 1 fully saturated rings. The number of rotatable bonds is 7. The Balaban J connectivity index is 1.36. The first kappa shape index (κ1) is 23.8. The van der Waals surface area contributed by atoms with Crippen molar-refractivity contribution in [2.75, 3.05) is 31.6 Å². The Bertz CT molecular complexity index is 1240. The molecule has 0 radical (unpaired) electrons. The van der Waals surface area contributed by atoms with Crippen LogP contribution in [0.15, 0.2) is 41.6 Å². The van der Waals surface area contributed by atoms with Crippen molar-refractivity contribution in [2.24, 2.45) is 0 Å². The zero-order valence-electron chi connectivity index (χ0n) is 20.1. The average molecular weight is 465 g/mol. The van der Waals surface area contributed by atoms with E-state index in [2.05, 4.69) is 19.9 Å². The summed E-state index contributed by atoms with van der Waals surface area (Å²) >= 11 is 0. The zero-order valence-corrected chi connectivity index (χ0v) is 20.1. The van der Waals surface area contributed by atoms with E-state index in [9.17, 15) is 14.7 Å². The predicted molar refractivity (Wildman–Crippen MR) is 131 cm³/mol. The van der Waals surface area contributed by atoms with Crippen LogP contribution in [0, 0.1) is 13.8 Å². The highest BCUT2D eigenvalue weighted by Crippen LogP contribution is 2.31. The third-order valence-corrected chi connectivity index (χ3v) is 6.49. The van der Waals surface area contributed by atoms with Crippen LogP contribution in [-0.4, -0.2) is 67.7 Å². The van der Waals surface area contributed by atoms with Gasteiger partial charge in [0, 0.05) is 74.2 Å². The Hall–Kier alpha value is -3.33. The zero-order chi connectivity index (χ0) is 24.3. The normalized spacial score (nSPS) is 18.3. The molecule has 1 atom stereocenters. The lowest BCUT2D eigenvalue weighted by Gasteiger charge is -2.42. The number of fused-ring (bicyclic) bond motifs is 1. The van der Waals surface area contributed by atoms with Crippen molar-refractivity contribution in [1.82, 2.24) is 24.4 Å². The van der Waals surface area contributed by atoms with Gasteiger partial charge in [-0.2, -0.15) is 4.98 Å². The number of anilines is 1. The Kier molecular flexibility index (Phi) is 6.92. The minimum Gasteiger partial charge on any atom is -0.386 e. The fourth-order valence-corrected chi connectivity index (χ4v) is 4.85. The third-order valence-electron chi connectivity index (χ3n) is 6.49. The molecule has 4 rings (SSSR count). The largest absolute Gasteiger partial charge is 0.386 e. The second-order valence-corrected chi connectivity index (χ2v) is 9.30. The van der Waals surface area contributed by atoms with E-state index < -0.39 is 5.60 Å². The number of carbonyl (C=O) groups is 1. The first-order valence-electron chi connectivity index (χ1n) is 11.7. The molecule has 1 aliphatic heterocycles. The molecule has 3 aromatic heterocycles. The van der Waals surface area contributed by atoms with Crippen LogP contribution in [0.4, 0.5) is 5.69 Å². The molecule has 9 nitrogen and oxygen atoms in total. The van der Waals surface area contributed by atoms with Gasteiger partial charge in [-0.15, -0.1) is 0 Å². The predicted octanol–water partition coefficient (Wildman–Crippen LogP) is 2.07. The number of aromatic nitrogens is 4. The summed E-state index contributed by atoms with van der Waals surface area (Å²) in [5.41, 5.74) is 2.11. The second-order valence-electron chi connectivity index (χ2n) is 9.30. The van der Waals surface area contributed by atoms with Crippen LogP contribution in [-0.2, 0) is 11.3 Å². The molecule has 1 N–H and O–H groups in total. The molecule has 9 heteroatoms. The van der Waals surface area contributed by atoms with Crippen LogP contribution in [0.5, 0.6) is 0 Å². The van der Waals surface area contributed by atoms with Crippen LogP contribution >= 0.6 is 0 Å². The summed E-state index contributed by atoms with van der Waals surface area (Å²) in [5.74, 6) is -0.0464. The Labute approximate surface area is 199 Å². The summed E-state index contributed by atoms with van der Waals surface area (Å²) in [5, 5.41) is 12.3. The van der Waals surface area contributed by atoms with Gasteiger partial charge in [0.05, 0.1) is 17.7 Å². The molecule has 34 heavy (non-hydrogen) atoms. The molecule has 0 unspecified atom stereocenters. The van der Waals surface area contributed by atoms with Crippen LogP contribution in [0.1, 0.15) is 37.1 Å². The van der Waals surface area contributed by atoms with Crippen molar-refractivity contribution in [3.8, 4) is 0 Å². The van der Waals surface area contributed by atoms with Gasteiger partial charge < -0.3 is 14.9 Å². The number of amides is 1. The van der Waals surface area contributed by atoms with E-state index in [0.717, 1.165) is 35.2 Å². The molecule has 1 saturated heterocycles. The molecular weight excluding hydrogens is 432 g/mol. The highest BCUT2D eigenvalue weighted by Gasteiger charge is 2.36. The molecule has 0 aliphatic carbocycles. The van der Waals surface area contributed by atoms with E-state index in [4.69, 9.17) is 0 Å². The lowest BCUT2D eigenvalue weighted by molar-refractivity contribution is -0.133. The number of pyridine rings is 2. The third kappa shape index (κ3) is 5.25. The highest BCUT2D eigenvalue weighted by atomic mass is 16.3. The van der Waals surface area contributed by atoms with Crippen molar-refractivity contribution in [3.05, 3.63) is 58.7 Å². The van der Waals surface area contributed by atoms with Crippen LogP contribution in [0.2, 0.25) is 0 Å². The number of likely N-dealkylation sites (N-methyl/N-ethyl adjacent to an activating group) is 1. The van der Waals surface area contributed by atoms with Gasteiger partial charge in [-0.05, 0) is 51.3 Å². The molecule has 1 amide bonds. The van der Waals surface area contributed by atoms with Crippen molar-refractivity contribution >= 4 is 22.5 Å². The lowest BCUT2D eigenvalue weighted by atomic mass is 9.91. The first-order chi connectivity index (χ1) is 16.3. The van der Waals surface area contributed by atoms with Gasteiger partial charge in [0.25, 0.3) is 0 Å². The smallest absolute Gasteiger partial charge is 0.347 e. The van der Waals surface area contributed by atoms with Crippen LogP contribution in [0.25, 0.3) is 10.9 Å². The van der Waals surface area contributed by atoms with Gasteiger partial charge in [-0.1, -0.05) is 0 Å². The topological polar surface area (TPSA) is 104 Å². The number of β-amino-alcohol motifs (C(OH)–C–C–N with tert-alkyl or cyclic N) is 1. The van der Waals surface area contributed by atoms with Gasteiger partial charge >= 0.3 is 5.69 Å². The molecule has 0 saturated carbocycles. The van der Waals surface area contributed by atoms with E-state index in [1.54, 1.807) is 42.0 Å². The molecule has 180 valence electrons.